The quantitative estimate of drug-likeness (QED) is 0.0259. The Labute approximate surface area is 399 Å². The summed E-state index contributed by atoms with van der Waals surface area (Å²) in [5, 5.41) is 0. The molecular formula is C55H112NO7P. The number of likely N-dealkylation sites (N-methyl/N-ethyl adjacent to an activating group) is 1. The molecule has 0 saturated carbocycles. The van der Waals surface area contributed by atoms with Crippen LogP contribution in [-0.2, 0) is 27.9 Å². The van der Waals surface area contributed by atoms with Crippen molar-refractivity contribution in [2.45, 2.75) is 296 Å². The van der Waals surface area contributed by atoms with Crippen molar-refractivity contribution in [3.05, 3.63) is 0 Å². The van der Waals surface area contributed by atoms with E-state index in [9.17, 15) is 14.3 Å². The van der Waals surface area contributed by atoms with Gasteiger partial charge in [0.05, 0.1) is 34.4 Å². The number of phosphoric acid groups is 1. The third-order valence-electron chi connectivity index (χ3n) is 12.9. The van der Waals surface area contributed by atoms with E-state index < -0.39 is 13.9 Å². The molecule has 64 heavy (non-hydrogen) atoms. The number of hydrogen-bond donors (Lipinski definition) is 0. The van der Waals surface area contributed by atoms with Crippen molar-refractivity contribution >= 4 is 13.8 Å². The molecule has 0 spiro atoms. The van der Waals surface area contributed by atoms with Gasteiger partial charge in [0.1, 0.15) is 19.3 Å². The number of quaternary nitrogens is 1. The predicted molar refractivity (Wildman–Crippen MR) is 273 cm³/mol. The molecule has 0 heterocycles. The lowest BCUT2D eigenvalue weighted by atomic mass is 10.0. The third kappa shape index (κ3) is 52.5. The van der Waals surface area contributed by atoms with Gasteiger partial charge in [-0.2, -0.15) is 0 Å². The Kier molecular flexibility index (Phi) is 48.6. The maximum Gasteiger partial charge on any atom is 0.306 e. The average molecular weight is 930 g/mol. The molecule has 0 radical (unpaired) electrons. The highest BCUT2D eigenvalue weighted by molar-refractivity contribution is 7.45. The first kappa shape index (κ1) is 63.5. The molecule has 0 aromatic rings. The molecule has 0 aromatic heterocycles. The summed E-state index contributed by atoms with van der Waals surface area (Å²) in [4.78, 5) is 25.2. The molecule has 8 nitrogen and oxygen atoms in total. The van der Waals surface area contributed by atoms with Gasteiger partial charge in [-0.05, 0) is 12.8 Å². The first-order chi connectivity index (χ1) is 31.1. The first-order valence-electron chi connectivity index (χ1n) is 28.3. The first-order valence-corrected chi connectivity index (χ1v) is 29.7. The molecule has 9 heteroatoms. The van der Waals surface area contributed by atoms with Gasteiger partial charge in [-0.15, -0.1) is 0 Å². The molecular weight excluding hydrogens is 818 g/mol. The van der Waals surface area contributed by atoms with E-state index in [-0.39, 0.29) is 25.8 Å². The monoisotopic (exact) mass is 930 g/mol. The van der Waals surface area contributed by atoms with E-state index in [2.05, 4.69) is 13.8 Å². The highest BCUT2D eigenvalue weighted by Gasteiger charge is 2.20. The zero-order valence-corrected chi connectivity index (χ0v) is 44.7. The highest BCUT2D eigenvalue weighted by atomic mass is 31.2. The number of phosphoric ester groups is 1. The molecule has 0 rings (SSSR count). The average Bonchev–Trinajstić information content (AvgIpc) is 3.25. The number of esters is 1. The van der Waals surface area contributed by atoms with Gasteiger partial charge in [0.2, 0.25) is 0 Å². The summed E-state index contributed by atoms with van der Waals surface area (Å²) >= 11 is 0. The van der Waals surface area contributed by atoms with Crippen LogP contribution < -0.4 is 4.89 Å². The maximum absolute atomic E-state index is 12.8. The summed E-state index contributed by atoms with van der Waals surface area (Å²) in [5.41, 5.74) is 0. The minimum absolute atomic E-state index is 0.0319. The van der Waals surface area contributed by atoms with Crippen LogP contribution in [0.25, 0.3) is 0 Å². The highest BCUT2D eigenvalue weighted by Crippen LogP contribution is 2.38. The number of carbonyl (C=O) groups is 1. The van der Waals surface area contributed by atoms with Crippen molar-refractivity contribution in [1.82, 2.24) is 0 Å². The fourth-order valence-corrected chi connectivity index (χ4v) is 9.28. The van der Waals surface area contributed by atoms with Gasteiger partial charge >= 0.3 is 5.97 Å². The number of hydrogen-bond acceptors (Lipinski definition) is 7. The van der Waals surface area contributed by atoms with E-state index in [1.807, 2.05) is 21.1 Å². The van der Waals surface area contributed by atoms with E-state index in [0.29, 0.717) is 24.1 Å². The van der Waals surface area contributed by atoms with Crippen LogP contribution in [0.5, 0.6) is 0 Å². The molecule has 0 amide bonds. The van der Waals surface area contributed by atoms with Crippen LogP contribution in [0.15, 0.2) is 0 Å². The summed E-state index contributed by atoms with van der Waals surface area (Å²) in [6.45, 7) is 5.51. The third-order valence-corrected chi connectivity index (χ3v) is 13.9. The maximum atomic E-state index is 12.8. The second-order valence-corrected chi connectivity index (χ2v) is 22.1. The summed E-state index contributed by atoms with van der Waals surface area (Å²) in [6, 6.07) is 0. The second-order valence-electron chi connectivity index (χ2n) is 20.7. The van der Waals surface area contributed by atoms with E-state index >= 15 is 0 Å². The molecule has 0 saturated heterocycles. The van der Waals surface area contributed by atoms with Gasteiger partial charge in [0.25, 0.3) is 7.82 Å². The Morgan fingerprint density at radius 2 is 0.719 bits per heavy atom. The van der Waals surface area contributed by atoms with Crippen molar-refractivity contribution in [3.63, 3.8) is 0 Å². The number of ether oxygens (including phenoxy) is 2. The van der Waals surface area contributed by atoms with Crippen molar-refractivity contribution < 1.29 is 37.3 Å². The molecule has 0 aliphatic heterocycles. The molecule has 1 unspecified atom stereocenters. The van der Waals surface area contributed by atoms with Crippen LogP contribution in [0.4, 0.5) is 0 Å². The zero-order chi connectivity index (χ0) is 46.9. The molecule has 0 aliphatic rings. The molecule has 0 bridgehead atoms. The van der Waals surface area contributed by atoms with Crippen molar-refractivity contribution in [3.8, 4) is 0 Å². The molecule has 0 aliphatic carbocycles. The largest absolute Gasteiger partial charge is 0.756 e. The van der Waals surface area contributed by atoms with Gasteiger partial charge in [-0.1, -0.05) is 271 Å². The lowest BCUT2D eigenvalue weighted by Gasteiger charge is -2.28. The van der Waals surface area contributed by atoms with Crippen molar-refractivity contribution in [1.29, 1.82) is 0 Å². The molecule has 0 N–H and O–H groups in total. The summed E-state index contributed by atoms with van der Waals surface area (Å²) in [6.07, 6.45) is 55.7. The van der Waals surface area contributed by atoms with Crippen LogP contribution in [0.1, 0.15) is 290 Å². The van der Waals surface area contributed by atoms with Gasteiger partial charge in [0.15, 0.2) is 0 Å². The van der Waals surface area contributed by atoms with Gasteiger partial charge in [-0.3, -0.25) is 9.36 Å². The lowest BCUT2D eigenvalue weighted by Crippen LogP contribution is -2.37. The standard InChI is InChI=1S/C55H112NO7P/c1-6-8-10-12-14-16-18-20-22-24-26-28-29-30-32-34-36-38-40-42-44-46-48-55(57)63-54(53-62-64(58,59)61-51-49-56(3,4)5)52-60-50-47-45-43-41-39-37-35-33-31-27-25-23-21-19-17-15-13-11-9-7-2/h54H,6-53H2,1-5H3/t54-/m1/s1. The van der Waals surface area contributed by atoms with Crippen LogP contribution >= 0.6 is 7.82 Å². The van der Waals surface area contributed by atoms with E-state index in [1.54, 1.807) is 0 Å². The SMILES string of the molecule is CCCCCCCCCCCCCCCCCCCCCCCCC(=O)O[C@H](COCCCCCCCCCCCCCCCCCCCCCC)COP(=O)([O-])OCC[N+](C)(C)C. The summed E-state index contributed by atoms with van der Waals surface area (Å²) in [5.74, 6) is -0.323. The number of carbonyl (C=O) groups excluding carboxylic acids is 1. The summed E-state index contributed by atoms with van der Waals surface area (Å²) < 4.78 is 34.9. The fraction of sp³-hybridized carbons (Fsp3) is 0.982. The molecule has 2 atom stereocenters. The topological polar surface area (TPSA) is 94.1 Å². The van der Waals surface area contributed by atoms with Crippen LogP contribution in [0.2, 0.25) is 0 Å². The predicted octanol–water partition coefficient (Wildman–Crippen LogP) is 16.9. The molecule has 384 valence electrons. The smallest absolute Gasteiger partial charge is 0.306 e. The number of unbranched alkanes of at least 4 members (excludes halogenated alkanes) is 40. The van der Waals surface area contributed by atoms with E-state index in [1.165, 1.54) is 238 Å². The fourth-order valence-electron chi connectivity index (χ4n) is 8.55. The Morgan fingerprint density at radius 1 is 0.422 bits per heavy atom. The summed E-state index contributed by atoms with van der Waals surface area (Å²) in [7, 11) is 1.38. The Balaban J connectivity index is 4.02. The lowest BCUT2D eigenvalue weighted by molar-refractivity contribution is -0.870. The van der Waals surface area contributed by atoms with E-state index in [0.717, 1.165) is 32.1 Å². The van der Waals surface area contributed by atoms with Gasteiger partial charge in [-0.25, -0.2) is 0 Å². The van der Waals surface area contributed by atoms with Crippen LogP contribution in [0.3, 0.4) is 0 Å². The minimum Gasteiger partial charge on any atom is -0.756 e. The van der Waals surface area contributed by atoms with E-state index in [4.69, 9.17) is 18.5 Å². The zero-order valence-electron chi connectivity index (χ0n) is 43.8. The Hall–Kier alpha value is -0.500. The minimum atomic E-state index is -4.52. The number of rotatable bonds is 54. The van der Waals surface area contributed by atoms with Crippen molar-refractivity contribution in [2.75, 3.05) is 54.1 Å². The van der Waals surface area contributed by atoms with Gasteiger partial charge in [0, 0.05) is 13.0 Å². The second kappa shape index (κ2) is 48.9. The number of nitrogens with zero attached hydrogens (tertiary/aromatic N) is 1. The van der Waals surface area contributed by atoms with Gasteiger partial charge < -0.3 is 27.9 Å². The molecule has 0 aromatic carbocycles. The molecule has 0 fully saturated rings. The Bertz CT molecular complexity index is 992. The van der Waals surface area contributed by atoms with Crippen molar-refractivity contribution in [2.24, 2.45) is 0 Å². The Morgan fingerprint density at radius 3 is 1.03 bits per heavy atom. The van der Waals surface area contributed by atoms with Crippen LogP contribution in [-0.4, -0.2) is 70.7 Å². The normalized spacial score (nSPS) is 13.4. The van der Waals surface area contributed by atoms with Crippen LogP contribution in [0, 0.1) is 0 Å².